The molecule has 0 heterocycles. The minimum Gasteiger partial charge on any atom is -0.508 e. The summed E-state index contributed by atoms with van der Waals surface area (Å²) in [7, 11) is 0. The van der Waals surface area contributed by atoms with E-state index in [1.165, 1.54) is 12.1 Å². The van der Waals surface area contributed by atoms with Gasteiger partial charge in [0.15, 0.2) is 0 Å². The Bertz CT molecular complexity index is 734. The average molecular weight is 409 g/mol. The Morgan fingerprint density at radius 3 is 2.00 bits per heavy atom. The molecule has 1 aromatic rings. The molecule has 0 aliphatic heterocycles. The summed E-state index contributed by atoms with van der Waals surface area (Å²) in [4.78, 5) is 47.1. The highest BCUT2D eigenvalue weighted by molar-refractivity contribution is 5.93. The predicted octanol–water partition coefficient (Wildman–Crippen LogP) is -0.163. The van der Waals surface area contributed by atoms with Gasteiger partial charge in [-0.25, -0.2) is 4.79 Å². The number of amides is 2. The second-order valence-corrected chi connectivity index (χ2v) is 7.17. The topological polar surface area (TPSA) is 179 Å². The first kappa shape index (κ1) is 23.9. The number of carboxylic acids is 2. The van der Waals surface area contributed by atoms with Crippen LogP contribution in [-0.2, 0) is 25.6 Å². The van der Waals surface area contributed by atoms with Gasteiger partial charge in [-0.05, 0) is 30.0 Å². The number of nitrogens with one attached hydrogen (secondary N) is 2. The quantitative estimate of drug-likeness (QED) is 0.292. The van der Waals surface area contributed by atoms with Crippen molar-refractivity contribution in [1.29, 1.82) is 0 Å². The van der Waals surface area contributed by atoms with Crippen LogP contribution in [0.4, 0.5) is 0 Å². The van der Waals surface area contributed by atoms with Crippen molar-refractivity contribution in [2.75, 3.05) is 0 Å². The van der Waals surface area contributed by atoms with Gasteiger partial charge >= 0.3 is 11.9 Å². The van der Waals surface area contributed by atoms with Crippen LogP contribution in [0.5, 0.6) is 5.75 Å². The number of phenolic OH excluding ortho intramolecular Hbond substituents is 1. The number of aliphatic carboxylic acids is 2. The molecule has 0 aromatic heterocycles. The van der Waals surface area contributed by atoms with Gasteiger partial charge < -0.3 is 31.7 Å². The van der Waals surface area contributed by atoms with E-state index in [4.69, 9.17) is 10.8 Å². The highest BCUT2D eigenvalue weighted by atomic mass is 16.4. The molecular formula is C19H27N3O7. The zero-order valence-corrected chi connectivity index (χ0v) is 16.3. The molecule has 0 aliphatic carbocycles. The lowest BCUT2D eigenvalue weighted by Gasteiger charge is -2.23. The summed E-state index contributed by atoms with van der Waals surface area (Å²) in [6, 6.07) is 2.20. The Morgan fingerprint density at radius 2 is 1.52 bits per heavy atom. The van der Waals surface area contributed by atoms with Crippen molar-refractivity contribution in [2.24, 2.45) is 11.7 Å². The van der Waals surface area contributed by atoms with Gasteiger partial charge in [0.1, 0.15) is 17.8 Å². The molecule has 10 nitrogen and oxygen atoms in total. The summed E-state index contributed by atoms with van der Waals surface area (Å²) in [6.45, 7) is 3.62. The largest absolute Gasteiger partial charge is 0.508 e. The number of phenols is 1. The van der Waals surface area contributed by atoms with Gasteiger partial charge in [-0.1, -0.05) is 26.0 Å². The molecule has 29 heavy (non-hydrogen) atoms. The van der Waals surface area contributed by atoms with Crippen LogP contribution >= 0.6 is 0 Å². The number of hydrogen-bond acceptors (Lipinski definition) is 6. The molecule has 0 spiro atoms. The van der Waals surface area contributed by atoms with E-state index in [9.17, 15) is 29.4 Å². The molecule has 0 saturated carbocycles. The number of carbonyl (C=O) groups excluding carboxylic acids is 2. The molecule has 1 rings (SSSR count). The zero-order chi connectivity index (χ0) is 22.1. The van der Waals surface area contributed by atoms with E-state index in [1.54, 1.807) is 12.1 Å². The molecule has 160 valence electrons. The van der Waals surface area contributed by atoms with Crippen molar-refractivity contribution in [1.82, 2.24) is 10.6 Å². The molecule has 7 N–H and O–H groups in total. The molecule has 0 fully saturated rings. The monoisotopic (exact) mass is 409 g/mol. The van der Waals surface area contributed by atoms with Gasteiger partial charge in [0.2, 0.25) is 11.8 Å². The standard InChI is InChI=1S/C19H27N3O7/c1-10(2)7-15(19(28)29)22-18(27)14(8-11-3-5-12(23)6-4-11)21-17(26)13(20)9-16(24)25/h3-6,10,13-15,23H,7-9,20H2,1-2H3,(H,21,26)(H,22,27)(H,24,25)(H,28,29). The lowest BCUT2D eigenvalue weighted by atomic mass is 10.0. The van der Waals surface area contributed by atoms with Gasteiger partial charge in [0.05, 0.1) is 12.5 Å². The van der Waals surface area contributed by atoms with E-state index in [1.807, 2.05) is 13.8 Å². The van der Waals surface area contributed by atoms with Crippen LogP contribution in [0.2, 0.25) is 0 Å². The van der Waals surface area contributed by atoms with Gasteiger partial charge in [-0.3, -0.25) is 14.4 Å². The summed E-state index contributed by atoms with van der Waals surface area (Å²) in [6.07, 6.45) is -0.435. The van der Waals surface area contributed by atoms with E-state index in [0.29, 0.717) is 5.56 Å². The first-order valence-corrected chi connectivity index (χ1v) is 9.08. The molecule has 1 aromatic carbocycles. The summed E-state index contributed by atoms with van der Waals surface area (Å²) in [5.74, 6) is -4.03. The predicted molar refractivity (Wildman–Crippen MR) is 103 cm³/mol. The lowest BCUT2D eigenvalue weighted by molar-refractivity contribution is -0.143. The Hall–Kier alpha value is -3.14. The van der Waals surface area contributed by atoms with Crippen molar-refractivity contribution in [3.8, 4) is 5.75 Å². The van der Waals surface area contributed by atoms with Gasteiger partial charge in [0, 0.05) is 6.42 Å². The fraction of sp³-hybridized carbons (Fsp3) is 0.474. The van der Waals surface area contributed by atoms with Crippen LogP contribution in [-0.4, -0.2) is 57.2 Å². The van der Waals surface area contributed by atoms with Gasteiger partial charge in [-0.2, -0.15) is 0 Å². The molecule has 2 amide bonds. The molecule has 0 bridgehead atoms. The number of rotatable bonds is 11. The maximum absolute atomic E-state index is 12.7. The Morgan fingerprint density at radius 1 is 0.966 bits per heavy atom. The summed E-state index contributed by atoms with van der Waals surface area (Å²) in [5, 5.41) is 32.3. The molecular weight excluding hydrogens is 382 g/mol. The highest BCUT2D eigenvalue weighted by Crippen LogP contribution is 2.12. The van der Waals surface area contributed by atoms with Crippen LogP contribution in [0.15, 0.2) is 24.3 Å². The SMILES string of the molecule is CC(C)CC(NC(=O)C(Cc1ccc(O)cc1)NC(=O)C(N)CC(=O)O)C(=O)O. The number of benzene rings is 1. The first-order valence-electron chi connectivity index (χ1n) is 9.08. The van der Waals surface area contributed by atoms with Gasteiger partial charge in [-0.15, -0.1) is 0 Å². The third-order valence-electron chi connectivity index (χ3n) is 4.06. The number of carboxylic acid groups (broad SMARTS) is 2. The second kappa shape index (κ2) is 11.0. The van der Waals surface area contributed by atoms with E-state index in [2.05, 4.69) is 10.6 Å². The Kier molecular flexibility index (Phi) is 9.07. The van der Waals surface area contributed by atoms with Crippen molar-refractivity contribution in [3.63, 3.8) is 0 Å². The van der Waals surface area contributed by atoms with E-state index in [0.717, 1.165) is 0 Å². The maximum Gasteiger partial charge on any atom is 0.326 e. The number of carbonyl (C=O) groups is 4. The van der Waals surface area contributed by atoms with Crippen LogP contribution in [0.3, 0.4) is 0 Å². The first-order chi connectivity index (χ1) is 13.5. The minimum atomic E-state index is -1.37. The van der Waals surface area contributed by atoms with Gasteiger partial charge in [0.25, 0.3) is 0 Å². The average Bonchev–Trinajstić information content (AvgIpc) is 2.61. The number of nitrogens with two attached hydrogens (primary N) is 1. The fourth-order valence-corrected chi connectivity index (χ4v) is 2.60. The van der Waals surface area contributed by atoms with E-state index in [-0.39, 0.29) is 24.5 Å². The Labute approximate surface area is 168 Å². The molecule has 0 aliphatic rings. The van der Waals surface area contributed by atoms with Crippen LogP contribution in [0.1, 0.15) is 32.3 Å². The third-order valence-corrected chi connectivity index (χ3v) is 4.06. The summed E-state index contributed by atoms with van der Waals surface area (Å²) >= 11 is 0. The lowest BCUT2D eigenvalue weighted by Crippen LogP contribution is -2.55. The molecule has 3 unspecified atom stereocenters. The van der Waals surface area contributed by atoms with Crippen molar-refractivity contribution >= 4 is 23.8 Å². The zero-order valence-electron chi connectivity index (χ0n) is 16.3. The van der Waals surface area contributed by atoms with Crippen molar-refractivity contribution in [2.45, 2.75) is 51.2 Å². The summed E-state index contributed by atoms with van der Waals surface area (Å²) in [5.41, 5.74) is 6.13. The van der Waals surface area contributed by atoms with Crippen LogP contribution in [0.25, 0.3) is 0 Å². The van der Waals surface area contributed by atoms with Crippen LogP contribution < -0.4 is 16.4 Å². The minimum absolute atomic E-state index is 0.00512. The maximum atomic E-state index is 12.7. The highest BCUT2D eigenvalue weighted by Gasteiger charge is 2.29. The fourth-order valence-electron chi connectivity index (χ4n) is 2.60. The molecule has 10 heteroatoms. The summed E-state index contributed by atoms with van der Waals surface area (Å²) < 4.78 is 0. The van der Waals surface area contributed by atoms with E-state index < -0.39 is 48.3 Å². The number of aromatic hydroxyl groups is 1. The van der Waals surface area contributed by atoms with Crippen LogP contribution in [0, 0.1) is 5.92 Å². The molecule has 0 saturated heterocycles. The van der Waals surface area contributed by atoms with E-state index >= 15 is 0 Å². The normalized spacial score (nSPS) is 13.9. The third kappa shape index (κ3) is 8.60. The Balaban J connectivity index is 2.99. The number of hydrogen-bond donors (Lipinski definition) is 6. The molecule has 3 atom stereocenters. The second-order valence-electron chi connectivity index (χ2n) is 7.17. The smallest absolute Gasteiger partial charge is 0.326 e. The van der Waals surface area contributed by atoms with Crippen molar-refractivity contribution in [3.05, 3.63) is 29.8 Å². The molecule has 0 radical (unpaired) electrons. The van der Waals surface area contributed by atoms with Crippen molar-refractivity contribution < 1.29 is 34.5 Å².